The second kappa shape index (κ2) is 6.84. The highest BCUT2D eigenvalue weighted by Crippen LogP contribution is 2.23. The summed E-state index contributed by atoms with van der Waals surface area (Å²) in [7, 11) is 0. The van der Waals surface area contributed by atoms with E-state index < -0.39 is 6.04 Å². The highest BCUT2D eigenvalue weighted by molar-refractivity contribution is 5.76. The molecule has 4 heteroatoms. The summed E-state index contributed by atoms with van der Waals surface area (Å²) >= 11 is 0. The number of nitrogens with zero attached hydrogens (tertiary/aromatic N) is 1. The van der Waals surface area contributed by atoms with Gasteiger partial charge >= 0.3 is 0 Å². The number of nitrogens with two attached hydrogens (primary N) is 1. The fourth-order valence-electron chi connectivity index (χ4n) is 2.81. The Morgan fingerprint density at radius 1 is 1.40 bits per heavy atom. The number of rotatable bonds is 4. The Balaban J connectivity index is 2.01. The van der Waals surface area contributed by atoms with Gasteiger partial charge in [0.1, 0.15) is 5.82 Å². The zero-order chi connectivity index (χ0) is 14.5. The van der Waals surface area contributed by atoms with Crippen LogP contribution in [0.1, 0.15) is 44.2 Å². The number of likely N-dealkylation sites (tertiary alicyclic amines) is 1. The molecule has 0 bridgehead atoms. The lowest BCUT2D eigenvalue weighted by Crippen LogP contribution is -2.37. The predicted molar refractivity (Wildman–Crippen MR) is 77.5 cm³/mol. The summed E-state index contributed by atoms with van der Waals surface area (Å²) < 4.78 is 13.7. The number of benzene rings is 1. The quantitative estimate of drug-likeness (QED) is 0.920. The largest absolute Gasteiger partial charge is 0.341 e. The van der Waals surface area contributed by atoms with Gasteiger partial charge in [0.2, 0.25) is 5.91 Å². The van der Waals surface area contributed by atoms with Gasteiger partial charge in [-0.05, 0) is 24.8 Å². The topological polar surface area (TPSA) is 46.3 Å². The van der Waals surface area contributed by atoms with Crippen LogP contribution in [0, 0.1) is 11.7 Å². The molecule has 20 heavy (non-hydrogen) atoms. The van der Waals surface area contributed by atoms with Crippen LogP contribution in [-0.2, 0) is 4.79 Å². The zero-order valence-electron chi connectivity index (χ0n) is 12.0. The number of carbonyl (C=O) groups is 1. The van der Waals surface area contributed by atoms with Crippen LogP contribution < -0.4 is 5.73 Å². The maximum Gasteiger partial charge on any atom is 0.222 e. The monoisotopic (exact) mass is 278 g/mol. The van der Waals surface area contributed by atoms with Crippen LogP contribution in [0.15, 0.2) is 24.3 Å². The van der Waals surface area contributed by atoms with Crippen molar-refractivity contribution in [3.05, 3.63) is 35.6 Å². The molecule has 1 saturated heterocycles. The second-order valence-corrected chi connectivity index (χ2v) is 5.57. The summed E-state index contributed by atoms with van der Waals surface area (Å²) in [6.45, 7) is 3.30. The number of amides is 1. The van der Waals surface area contributed by atoms with E-state index in [1.165, 1.54) is 6.07 Å². The molecule has 1 heterocycles. The molecule has 0 aliphatic carbocycles. The minimum atomic E-state index is -0.460. The molecule has 1 aliphatic rings. The Morgan fingerprint density at radius 3 is 2.85 bits per heavy atom. The first kappa shape index (κ1) is 15.0. The van der Waals surface area contributed by atoms with E-state index in [1.807, 2.05) is 0 Å². The van der Waals surface area contributed by atoms with Gasteiger partial charge in [-0.15, -0.1) is 0 Å². The number of hydrogen-bond donors (Lipinski definition) is 1. The fourth-order valence-corrected chi connectivity index (χ4v) is 2.81. The lowest BCUT2D eigenvalue weighted by molar-refractivity contribution is -0.130. The van der Waals surface area contributed by atoms with Crippen LogP contribution in [0.4, 0.5) is 4.39 Å². The van der Waals surface area contributed by atoms with Gasteiger partial charge in [0.05, 0.1) is 6.04 Å². The van der Waals surface area contributed by atoms with Gasteiger partial charge in [0.25, 0.3) is 0 Å². The summed E-state index contributed by atoms with van der Waals surface area (Å²) in [6.07, 6.45) is 3.68. The molecule has 3 nitrogen and oxygen atoms in total. The SMILES string of the molecule is CCC1CCC(=O)N(CC(N)c2ccccc2F)CC1. The molecule has 0 radical (unpaired) electrons. The van der Waals surface area contributed by atoms with Gasteiger partial charge in [0, 0.05) is 25.1 Å². The van der Waals surface area contributed by atoms with Crippen molar-refractivity contribution < 1.29 is 9.18 Å². The van der Waals surface area contributed by atoms with E-state index in [-0.39, 0.29) is 11.7 Å². The first-order valence-corrected chi connectivity index (χ1v) is 7.39. The molecule has 1 amide bonds. The molecule has 2 atom stereocenters. The molecule has 110 valence electrons. The van der Waals surface area contributed by atoms with Gasteiger partial charge in [-0.3, -0.25) is 4.79 Å². The Hall–Kier alpha value is -1.42. The van der Waals surface area contributed by atoms with E-state index >= 15 is 0 Å². The molecule has 2 unspecified atom stereocenters. The number of halogens is 1. The molecule has 0 spiro atoms. The zero-order valence-corrected chi connectivity index (χ0v) is 12.0. The van der Waals surface area contributed by atoms with Gasteiger partial charge in [-0.2, -0.15) is 0 Å². The maximum absolute atomic E-state index is 13.7. The van der Waals surface area contributed by atoms with E-state index in [4.69, 9.17) is 5.73 Å². The van der Waals surface area contributed by atoms with Crippen molar-refractivity contribution in [2.45, 2.75) is 38.6 Å². The highest BCUT2D eigenvalue weighted by atomic mass is 19.1. The van der Waals surface area contributed by atoms with Crippen LogP contribution in [0.5, 0.6) is 0 Å². The number of hydrogen-bond acceptors (Lipinski definition) is 2. The van der Waals surface area contributed by atoms with Crippen LogP contribution in [0.2, 0.25) is 0 Å². The van der Waals surface area contributed by atoms with E-state index in [0.29, 0.717) is 24.4 Å². The normalized spacial score (nSPS) is 21.6. The van der Waals surface area contributed by atoms with Crippen molar-refractivity contribution >= 4 is 5.91 Å². The van der Waals surface area contributed by atoms with Crippen molar-refractivity contribution in [1.29, 1.82) is 0 Å². The van der Waals surface area contributed by atoms with Crippen molar-refractivity contribution in [2.75, 3.05) is 13.1 Å². The molecule has 2 N–H and O–H groups in total. The van der Waals surface area contributed by atoms with Gasteiger partial charge in [0.15, 0.2) is 0 Å². The highest BCUT2D eigenvalue weighted by Gasteiger charge is 2.24. The van der Waals surface area contributed by atoms with E-state index in [2.05, 4.69) is 6.92 Å². The van der Waals surface area contributed by atoms with Gasteiger partial charge in [-0.1, -0.05) is 31.5 Å². The Kier molecular flexibility index (Phi) is 5.12. The summed E-state index contributed by atoms with van der Waals surface area (Å²) in [5.74, 6) is 0.468. The van der Waals surface area contributed by atoms with E-state index in [9.17, 15) is 9.18 Å². The fraction of sp³-hybridized carbons (Fsp3) is 0.562. The summed E-state index contributed by atoms with van der Waals surface area (Å²) in [4.78, 5) is 13.9. The average molecular weight is 278 g/mol. The number of carbonyl (C=O) groups excluding carboxylic acids is 1. The van der Waals surface area contributed by atoms with Gasteiger partial charge < -0.3 is 10.6 Å². The second-order valence-electron chi connectivity index (χ2n) is 5.57. The molecule has 1 aromatic rings. The minimum Gasteiger partial charge on any atom is -0.341 e. The first-order chi connectivity index (χ1) is 9.61. The van der Waals surface area contributed by atoms with Crippen LogP contribution in [0.25, 0.3) is 0 Å². The van der Waals surface area contributed by atoms with Crippen molar-refractivity contribution in [3.8, 4) is 0 Å². The molecular weight excluding hydrogens is 255 g/mol. The van der Waals surface area contributed by atoms with Crippen LogP contribution in [-0.4, -0.2) is 23.9 Å². The van der Waals surface area contributed by atoms with Crippen molar-refractivity contribution in [3.63, 3.8) is 0 Å². The van der Waals surface area contributed by atoms with Crippen molar-refractivity contribution in [2.24, 2.45) is 11.7 Å². The Bertz CT molecular complexity index is 464. The molecule has 1 aromatic carbocycles. The maximum atomic E-state index is 13.7. The smallest absolute Gasteiger partial charge is 0.222 e. The Morgan fingerprint density at radius 2 is 2.15 bits per heavy atom. The average Bonchev–Trinajstić information content (AvgIpc) is 2.62. The lowest BCUT2D eigenvalue weighted by atomic mass is 9.98. The third kappa shape index (κ3) is 3.57. The Labute approximate surface area is 120 Å². The summed E-state index contributed by atoms with van der Waals surface area (Å²) in [5.41, 5.74) is 6.56. The molecule has 1 fully saturated rings. The standard InChI is InChI=1S/C16H23FN2O/c1-2-12-7-8-16(20)19(10-9-12)11-15(18)13-5-3-4-6-14(13)17/h3-6,12,15H,2,7-11,18H2,1H3. The minimum absolute atomic E-state index is 0.146. The predicted octanol–water partition coefficient (Wildman–Crippen LogP) is 2.86. The van der Waals surface area contributed by atoms with Crippen molar-refractivity contribution in [1.82, 2.24) is 4.90 Å². The molecule has 0 aromatic heterocycles. The van der Waals surface area contributed by atoms with E-state index in [1.54, 1.807) is 23.1 Å². The van der Waals surface area contributed by atoms with Gasteiger partial charge in [-0.25, -0.2) is 4.39 Å². The third-order valence-corrected chi connectivity index (χ3v) is 4.23. The third-order valence-electron chi connectivity index (χ3n) is 4.23. The molecule has 0 saturated carbocycles. The molecule has 2 rings (SSSR count). The summed E-state index contributed by atoms with van der Waals surface area (Å²) in [6, 6.07) is 6.06. The first-order valence-electron chi connectivity index (χ1n) is 7.39. The van der Waals surface area contributed by atoms with E-state index in [0.717, 1.165) is 25.8 Å². The molecule has 1 aliphatic heterocycles. The lowest BCUT2D eigenvalue weighted by Gasteiger charge is -2.25. The molecular formula is C16H23FN2O. The summed E-state index contributed by atoms with van der Waals surface area (Å²) in [5, 5.41) is 0. The van der Waals surface area contributed by atoms with Crippen LogP contribution in [0.3, 0.4) is 0 Å². The van der Waals surface area contributed by atoms with Crippen LogP contribution >= 0.6 is 0 Å².